The van der Waals surface area contributed by atoms with Gasteiger partial charge in [0.25, 0.3) is 11.4 Å². The van der Waals surface area contributed by atoms with Crippen molar-refractivity contribution in [2.75, 3.05) is 5.32 Å². The van der Waals surface area contributed by atoms with Gasteiger partial charge in [-0.2, -0.15) is 5.10 Å². The van der Waals surface area contributed by atoms with E-state index < -0.39 is 9.85 Å². The van der Waals surface area contributed by atoms with E-state index in [9.17, 15) is 20.2 Å². The van der Waals surface area contributed by atoms with E-state index in [2.05, 4.69) is 10.4 Å². The van der Waals surface area contributed by atoms with E-state index in [-0.39, 0.29) is 17.1 Å². The molecule has 24 heavy (non-hydrogen) atoms. The molecule has 0 atom stereocenters. The number of non-ortho nitro benzene ring substituents is 1. The van der Waals surface area contributed by atoms with Crippen LogP contribution in [0.2, 0.25) is 0 Å². The zero-order valence-electron chi connectivity index (χ0n) is 12.9. The van der Waals surface area contributed by atoms with Gasteiger partial charge in [0.2, 0.25) is 0 Å². The summed E-state index contributed by atoms with van der Waals surface area (Å²) in [5.74, 6) is 0. The molecule has 0 bridgehead atoms. The Morgan fingerprint density at radius 3 is 2.58 bits per heavy atom. The summed E-state index contributed by atoms with van der Waals surface area (Å²) in [7, 11) is 0. The molecule has 2 aromatic rings. The molecule has 1 heterocycles. The van der Waals surface area contributed by atoms with Crippen molar-refractivity contribution in [1.82, 2.24) is 9.78 Å². The predicted molar refractivity (Wildman–Crippen MR) is 86.8 cm³/mol. The quantitative estimate of drug-likeness (QED) is 0.640. The molecule has 1 aliphatic rings. The zero-order valence-corrected chi connectivity index (χ0v) is 12.9. The van der Waals surface area contributed by atoms with E-state index in [1.54, 1.807) is 0 Å². The van der Waals surface area contributed by atoms with Crippen LogP contribution in [0.25, 0.3) is 0 Å². The van der Waals surface area contributed by atoms with Gasteiger partial charge in [0.15, 0.2) is 0 Å². The van der Waals surface area contributed by atoms with Crippen LogP contribution in [0.1, 0.15) is 37.4 Å². The Balaban J connectivity index is 1.72. The third-order valence-electron chi connectivity index (χ3n) is 4.21. The van der Waals surface area contributed by atoms with Crippen LogP contribution >= 0.6 is 0 Å². The van der Waals surface area contributed by atoms with Gasteiger partial charge in [0, 0.05) is 12.3 Å². The van der Waals surface area contributed by atoms with E-state index in [1.165, 1.54) is 25.0 Å². The SMILES string of the molecule is O=[N+]([O-])c1ccc(NCc2ccn(C3CCCC3)n2)c([N+](=O)[O-])c1. The van der Waals surface area contributed by atoms with Crippen LogP contribution in [0, 0.1) is 20.2 Å². The normalized spacial score (nSPS) is 14.7. The molecule has 1 saturated carbocycles. The van der Waals surface area contributed by atoms with E-state index in [4.69, 9.17) is 0 Å². The van der Waals surface area contributed by atoms with Gasteiger partial charge in [0.1, 0.15) is 5.69 Å². The highest BCUT2D eigenvalue weighted by Gasteiger charge is 2.20. The largest absolute Gasteiger partial charge is 0.374 e. The van der Waals surface area contributed by atoms with Crippen molar-refractivity contribution in [3.8, 4) is 0 Å². The smallest absolute Gasteiger partial charge is 0.299 e. The molecule has 0 unspecified atom stereocenters. The van der Waals surface area contributed by atoms with E-state index >= 15 is 0 Å². The van der Waals surface area contributed by atoms with Crippen LogP contribution in [-0.2, 0) is 6.54 Å². The number of anilines is 1. The van der Waals surface area contributed by atoms with Gasteiger partial charge in [-0.05, 0) is 25.0 Å². The molecular formula is C15H17N5O4. The summed E-state index contributed by atoms with van der Waals surface area (Å²) in [5, 5.41) is 29.3. The lowest BCUT2D eigenvalue weighted by molar-refractivity contribution is -0.393. The molecule has 1 N–H and O–H groups in total. The van der Waals surface area contributed by atoms with Crippen molar-refractivity contribution >= 4 is 17.1 Å². The molecule has 0 spiro atoms. The van der Waals surface area contributed by atoms with Gasteiger partial charge < -0.3 is 5.32 Å². The minimum atomic E-state index is -0.653. The molecule has 0 saturated heterocycles. The maximum absolute atomic E-state index is 11.1. The summed E-state index contributed by atoms with van der Waals surface area (Å²) in [6, 6.07) is 5.87. The Labute approximate surface area is 137 Å². The van der Waals surface area contributed by atoms with E-state index in [0.29, 0.717) is 12.6 Å². The number of nitrogens with zero attached hydrogens (tertiary/aromatic N) is 4. The van der Waals surface area contributed by atoms with Gasteiger partial charge in [-0.1, -0.05) is 12.8 Å². The van der Waals surface area contributed by atoms with Crippen molar-refractivity contribution in [2.45, 2.75) is 38.3 Å². The second-order valence-electron chi connectivity index (χ2n) is 5.79. The highest BCUT2D eigenvalue weighted by atomic mass is 16.6. The maximum Gasteiger partial charge on any atom is 0.299 e. The van der Waals surface area contributed by atoms with Crippen LogP contribution in [0.15, 0.2) is 30.5 Å². The number of benzene rings is 1. The van der Waals surface area contributed by atoms with Crippen LogP contribution in [0.3, 0.4) is 0 Å². The first-order valence-electron chi connectivity index (χ1n) is 7.75. The molecule has 126 valence electrons. The number of nitro groups is 2. The Bertz CT molecular complexity index is 767. The molecule has 0 radical (unpaired) electrons. The number of aromatic nitrogens is 2. The topological polar surface area (TPSA) is 116 Å². The molecular weight excluding hydrogens is 314 g/mol. The lowest BCUT2D eigenvalue weighted by Gasteiger charge is -2.09. The lowest BCUT2D eigenvalue weighted by Crippen LogP contribution is -2.08. The third-order valence-corrected chi connectivity index (χ3v) is 4.21. The van der Waals surface area contributed by atoms with Gasteiger partial charge in [-0.3, -0.25) is 24.9 Å². The zero-order chi connectivity index (χ0) is 17.1. The molecule has 1 aromatic heterocycles. The number of nitrogens with one attached hydrogen (secondary N) is 1. The molecule has 1 aromatic carbocycles. The standard InChI is InChI=1S/C15H17N5O4/c21-19(22)13-5-6-14(15(9-13)20(23)24)16-10-11-7-8-18(17-11)12-3-1-2-4-12/h5-9,12,16H,1-4,10H2. The first-order chi connectivity index (χ1) is 11.5. The Morgan fingerprint density at radius 1 is 1.17 bits per heavy atom. The van der Waals surface area contributed by atoms with Crippen molar-refractivity contribution in [3.63, 3.8) is 0 Å². The Kier molecular flexibility index (Phi) is 4.41. The number of hydrogen-bond donors (Lipinski definition) is 1. The molecule has 0 amide bonds. The maximum atomic E-state index is 11.1. The summed E-state index contributed by atoms with van der Waals surface area (Å²) >= 11 is 0. The summed E-state index contributed by atoms with van der Waals surface area (Å²) in [4.78, 5) is 20.6. The van der Waals surface area contributed by atoms with Crippen LogP contribution in [-0.4, -0.2) is 19.6 Å². The van der Waals surface area contributed by atoms with Gasteiger partial charge >= 0.3 is 0 Å². The second-order valence-corrected chi connectivity index (χ2v) is 5.79. The second kappa shape index (κ2) is 6.65. The average molecular weight is 331 g/mol. The number of hydrogen-bond acceptors (Lipinski definition) is 6. The van der Waals surface area contributed by atoms with Gasteiger partial charge in [-0.25, -0.2) is 0 Å². The molecule has 0 aliphatic heterocycles. The van der Waals surface area contributed by atoms with Gasteiger partial charge in [-0.15, -0.1) is 0 Å². The van der Waals surface area contributed by atoms with Gasteiger partial charge in [0.05, 0.1) is 34.2 Å². The van der Waals surface area contributed by atoms with E-state index in [1.807, 2.05) is 16.9 Å². The third kappa shape index (κ3) is 3.34. The summed E-state index contributed by atoms with van der Waals surface area (Å²) < 4.78 is 1.95. The average Bonchev–Trinajstić information content (AvgIpc) is 3.23. The van der Waals surface area contributed by atoms with E-state index in [0.717, 1.165) is 24.6 Å². The minimum Gasteiger partial charge on any atom is -0.374 e. The fourth-order valence-electron chi connectivity index (χ4n) is 2.96. The molecule has 3 rings (SSSR count). The van der Waals surface area contributed by atoms with Crippen molar-refractivity contribution in [1.29, 1.82) is 0 Å². The molecule has 9 heteroatoms. The number of rotatable bonds is 6. The molecule has 1 aliphatic carbocycles. The summed E-state index contributed by atoms with van der Waals surface area (Å²) in [6.45, 7) is 0.318. The van der Waals surface area contributed by atoms with Crippen molar-refractivity contribution in [2.24, 2.45) is 0 Å². The highest BCUT2D eigenvalue weighted by molar-refractivity contribution is 5.65. The minimum absolute atomic E-state index is 0.237. The van der Waals surface area contributed by atoms with Crippen molar-refractivity contribution in [3.05, 3.63) is 56.4 Å². The summed E-state index contributed by atoms with van der Waals surface area (Å²) in [5.41, 5.74) is 0.382. The van der Waals surface area contributed by atoms with Crippen LogP contribution in [0.5, 0.6) is 0 Å². The lowest BCUT2D eigenvalue weighted by atomic mass is 10.2. The predicted octanol–water partition coefficient (Wildman–Crippen LogP) is 3.43. The Hall–Kier alpha value is -2.97. The first-order valence-corrected chi connectivity index (χ1v) is 7.75. The number of nitro benzene ring substituents is 2. The highest BCUT2D eigenvalue weighted by Crippen LogP contribution is 2.30. The Morgan fingerprint density at radius 2 is 1.92 bits per heavy atom. The molecule has 1 fully saturated rings. The first kappa shape index (κ1) is 15.9. The monoisotopic (exact) mass is 331 g/mol. The van der Waals surface area contributed by atoms with Crippen LogP contribution < -0.4 is 5.32 Å². The fourth-order valence-corrected chi connectivity index (χ4v) is 2.96. The fraction of sp³-hybridized carbons (Fsp3) is 0.400. The van der Waals surface area contributed by atoms with Crippen molar-refractivity contribution < 1.29 is 9.85 Å². The molecule has 9 nitrogen and oxygen atoms in total. The summed E-state index contributed by atoms with van der Waals surface area (Å²) in [6.07, 6.45) is 6.61. The van der Waals surface area contributed by atoms with Crippen LogP contribution in [0.4, 0.5) is 17.1 Å².